The molecule has 0 spiro atoms. The lowest BCUT2D eigenvalue weighted by atomic mass is 10.2. The van der Waals surface area contributed by atoms with E-state index in [0.29, 0.717) is 17.7 Å². The van der Waals surface area contributed by atoms with Crippen LogP contribution in [-0.2, 0) is 9.53 Å². The lowest BCUT2D eigenvalue weighted by Gasteiger charge is -2.05. The summed E-state index contributed by atoms with van der Waals surface area (Å²) in [5.41, 5.74) is 7.32. The standard InChI is InChI=1S/C13H16BrNO2S/c1-3-9(13(16)17-2)6-7-18-12-5-4-10(14)8-11(12)15/h4-6,8H,3,7,15H2,1-2H3. The number of esters is 1. The Hall–Kier alpha value is -0.940. The Morgan fingerprint density at radius 2 is 2.28 bits per heavy atom. The van der Waals surface area contributed by atoms with Crippen LogP contribution in [0, 0.1) is 0 Å². The van der Waals surface area contributed by atoms with Crippen molar-refractivity contribution in [3.63, 3.8) is 0 Å². The zero-order valence-corrected chi connectivity index (χ0v) is 12.8. The number of nitrogens with two attached hydrogens (primary N) is 1. The molecule has 1 aromatic carbocycles. The molecule has 3 nitrogen and oxygen atoms in total. The van der Waals surface area contributed by atoms with Crippen LogP contribution in [0.5, 0.6) is 0 Å². The number of hydrogen-bond donors (Lipinski definition) is 1. The Kier molecular flexibility index (Phi) is 6.29. The molecule has 0 aliphatic carbocycles. The summed E-state index contributed by atoms with van der Waals surface area (Å²) in [4.78, 5) is 12.4. The van der Waals surface area contributed by atoms with Crippen molar-refractivity contribution in [2.75, 3.05) is 18.6 Å². The fraction of sp³-hybridized carbons (Fsp3) is 0.308. The van der Waals surface area contributed by atoms with E-state index in [-0.39, 0.29) is 5.97 Å². The molecule has 0 saturated heterocycles. The van der Waals surface area contributed by atoms with Crippen molar-refractivity contribution in [1.82, 2.24) is 0 Å². The van der Waals surface area contributed by atoms with Crippen molar-refractivity contribution in [2.24, 2.45) is 0 Å². The van der Waals surface area contributed by atoms with E-state index < -0.39 is 0 Å². The summed E-state index contributed by atoms with van der Waals surface area (Å²) in [5.74, 6) is 0.436. The van der Waals surface area contributed by atoms with E-state index in [2.05, 4.69) is 15.9 Å². The maximum absolute atomic E-state index is 11.4. The number of methoxy groups -OCH3 is 1. The highest BCUT2D eigenvalue weighted by atomic mass is 79.9. The lowest BCUT2D eigenvalue weighted by molar-refractivity contribution is -0.136. The molecule has 0 radical (unpaired) electrons. The minimum Gasteiger partial charge on any atom is -0.466 e. The summed E-state index contributed by atoms with van der Waals surface area (Å²) < 4.78 is 5.66. The van der Waals surface area contributed by atoms with Gasteiger partial charge in [0.1, 0.15) is 0 Å². The number of carbonyl (C=O) groups is 1. The summed E-state index contributed by atoms with van der Waals surface area (Å²) in [6, 6.07) is 5.78. The van der Waals surface area contributed by atoms with Crippen molar-refractivity contribution >= 4 is 39.3 Å². The van der Waals surface area contributed by atoms with Crippen LogP contribution in [0.4, 0.5) is 5.69 Å². The van der Waals surface area contributed by atoms with Crippen LogP contribution < -0.4 is 5.73 Å². The van der Waals surface area contributed by atoms with Crippen LogP contribution in [0.2, 0.25) is 0 Å². The van der Waals surface area contributed by atoms with Crippen LogP contribution in [0.25, 0.3) is 0 Å². The van der Waals surface area contributed by atoms with Gasteiger partial charge >= 0.3 is 5.97 Å². The molecule has 0 heterocycles. The first-order valence-electron chi connectivity index (χ1n) is 5.53. The second-order valence-corrected chi connectivity index (χ2v) is 5.55. The van der Waals surface area contributed by atoms with Gasteiger partial charge in [-0.15, -0.1) is 11.8 Å². The minimum absolute atomic E-state index is 0.262. The van der Waals surface area contributed by atoms with Crippen LogP contribution in [0.3, 0.4) is 0 Å². The fourth-order valence-corrected chi connectivity index (χ4v) is 2.62. The predicted octanol–water partition coefficient (Wildman–Crippen LogP) is 3.63. The number of nitrogen functional groups attached to an aromatic ring is 1. The van der Waals surface area contributed by atoms with E-state index in [1.165, 1.54) is 7.11 Å². The van der Waals surface area contributed by atoms with E-state index >= 15 is 0 Å². The molecule has 0 aromatic heterocycles. The number of anilines is 1. The van der Waals surface area contributed by atoms with Gasteiger partial charge in [-0.3, -0.25) is 0 Å². The second-order valence-electron chi connectivity index (χ2n) is 3.57. The first-order valence-corrected chi connectivity index (χ1v) is 7.31. The largest absolute Gasteiger partial charge is 0.466 e. The average Bonchev–Trinajstić information content (AvgIpc) is 2.36. The van der Waals surface area contributed by atoms with E-state index in [0.717, 1.165) is 15.1 Å². The molecule has 2 N–H and O–H groups in total. The monoisotopic (exact) mass is 329 g/mol. The molecule has 18 heavy (non-hydrogen) atoms. The Morgan fingerprint density at radius 1 is 1.56 bits per heavy atom. The lowest BCUT2D eigenvalue weighted by Crippen LogP contribution is -2.04. The maximum Gasteiger partial charge on any atom is 0.333 e. The molecular formula is C13H16BrNO2S. The van der Waals surface area contributed by atoms with Gasteiger partial charge in [-0.25, -0.2) is 4.79 Å². The van der Waals surface area contributed by atoms with Gasteiger partial charge in [0.05, 0.1) is 7.11 Å². The van der Waals surface area contributed by atoms with Gasteiger partial charge in [0, 0.05) is 26.4 Å². The summed E-state index contributed by atoms with van der Waals surface area (Å²) in [6.45, 7) is 1.93. The predicted molar refractivity (Wildman–Crippen MR) is 79.7 cm³/mol. The summed E-state index contributed by atoms with van der Waals surface area (Å²) in [7, 11) is 1.39. The van der Waals surface area contributed by atoms with Crippen molar-refractivity contribution in [1.29, 1.82) is 0 Å². The van der Waals surface area contributed by atoms with Crippen LogP contribution in [0.1, 0.15) is 13.3 Å². The summed E-state index contributed by atoms with van der Waals surface area (Å²) in [6.07, 6.45) is 2.56. The van der Waals surface area contributed by atoms with Crippen LogP contribution in [-0.4, -0.2) is 18.8 Å². The van der Waals surface area contributed by atoms with Gasteiger partial charge in [-0.1, -0.05) is 28.9 Å². The quantitative estimate of drug-likeness (QED) is 0.388. The Morgan fingerprint density at radius 3 is 2.83 bits per heavy atom. The van der Waals surface area contributed by atoms with E-state index in [9.17, 15) is 4.79 Å². The molecule has 0 saturated carbocycles. The van der Waals surface area contributed by atoms with E-state index in [1.54, 1.807) is 11.8 Å². The third-order valence-electron chi connectivity index (χ3n) is 2.37. The fourth-order valence-electron chi connectivity index (χ4n) is 1.39. The Bertz CT molecular complexity index is 460. The molecule has 1 rings (SSSR count). The smallest absolute Gasteiger partial charge is 0.333 e. The summed E-state index contributed by atoms with van der Waals surface area (Å²) >= 11 is 4.96. The van der Waals surface area contributed by atoms with Gasteiger partial charge in [-0.2, -0.15) is 0 Å². The first-order chi connectivity index (χ1) is 8.58. The highest BCUT2D eigenvalue weighted by Crippen LogP contribution is 2.28. The number of benzene rings is 1. The molecular weight excluding hydrogens is 314 g/mol. The third-order valence-corrected chi connectivity index (χ3v) is 3.88. The highest BCUT2D eigenvalue weighted by Gasteiger charge is 2.06. The van der Waals surface area contributed by atoms with Gasteiger partial charge in [0.25, 0.3) is 0 Å². The van der Waals surface area contributed by atoms with Crippen molar-refractivity contribution in [3.05, 3.63) is 34.3 Å². The normalized spacial score (nSPS) is 11.4. The SMILES string of the molecule is CCC(=CCSc1ccc(Br)cc1N)C(=O)OC. The Labute approximate surface area is 120 Å². The molecule has 5 heteroatoms. The minimum atomic E-state index is -0.262. The Balaban J connectivity index is 2.65. The molecule has 98 valence electrons. The van der Waals surface area contributed by atoms with Gasteiger partial charge < -0.3 is 10.5 Å². The van der Waals surface area contributed by atoms with Crippen molar-refractivity contribution in [3.8, 4) is 0 Å². The zero-order valence-electron chi connectivity index (χ0n) is 10.4. The molecule has 0 fully saturated rings. The number of ether oxygens (including phenoxy) is 1. The maximum atomic E-state index is 11.4. The molecule has 0 atom stereocenters. The average molecular weight is 330 g/mol. The first kappa shape index (κ1) is 15.1. The molecule has 0 unspecified atom stereocenters. The molecule has 0 bridgehead atoms. The topological polar surface area (TPSA) is 52.3 Å². The number of halogens is 1. The third kappa shape index (κ3) is 4.38. The number of carbonyl (C=O) groups excluding carboxylic acids is 1. The van der Waals surface area contributed by atoms with Gasteiger partial charge in [0.2, 0.25) is 0 Å². The van der Waals surface area contributed by atoms with Crippen LogP contribution in [0.15, 0.2) is 39.2 Å². The van der Waals surface area contributed by atoms with Gasteiger partial charge in [-0.05, 0) is 24.6 Å². The molecule has 0 amide bonds. The molecule has 0 aliphatic rings. The van der Waals surface area contributed by atoms with Crippen molar-refractivity contribution in [2.45, 2.75) is 18.2 Å². The zero-order chi connectivity index (χ0) is 13.5. The summed E-state index contributed by atoms with van der Waals surface area (Å²) in [5, 5.41) is 0. The van der Waals surface area contributed by atoms with E-state index in [4.69, 9.17) is 10.5 Å². The second kappa shape index (κ2) is 7.48. The number of rotatable bonds is 5. The molecule has 1 aromatic rings. The van der Waals surface area contributed by atoms with Crippen molar-refractivity contribution < 1.29 is 9.53 Å². The number of hydrogen-bond acceptors (Lipinski definition) is 4. The molecule has 0 aliphatic heterocycles. The van der Waals surface area contributed by atoms with Crippen LogP contribution >= 0.6 is 27.7 Å². The van der Waals surface area contributed by atoms with Gasteiger partial charge in [0.15, 0.2) is 0 Å². The van der Waals surface area contributed by atoms with E-state index in [1.807, 2.05) is 31.2 Å². The number of thioether (sulfide) groups is 1. The highest BCUT2D eigenvalue weighted by molar-refractivity contribution is 9.10.